The highest BCUT2D eigenvalue weighted by molar-refractivity contribution is 6.77. The molecule has 1 atom stereocenters. The summed E-state index contributed by atoms with van der Waals surface area (Å²) in [6.07, 6.45) is 5.40. The van der Waals surface area contributed by atoms with E-state index in [-0.39, 0.29) is 17.5 Å². The molecule has 0 amide bonds. The molecule has 4 nitrogen and oxygen atoms in total. The first-order valence-electron chi connectivity index (χ1n) is 11.8. The van der Waals surface area contributed by atoms with Crippen LogP contribution in [0.25, 0.3) is 11.0 Å². The van der Waals surface area contributed by atoms with E-state index in [1.165, 1.54) is 18.1 Å². The minimum Gasteiger partial charge on any atom is -0.422 e. The van der Waals surface area contributed by atoms with E-state index < -0.39 is 13.9 Å². The topological polar surface area (TPSA) is 56.5 Å². The van der Waals surface area contributed by atoms with Gasteiger partial charge < -0.3 is 8.84 Å². The number of Topliss-reactive ketones (excluding diaryl/α,β-unsaturated/α-hetero) is 1. The zero-order valence-electron chi connectivity index (χ0n) is 20.2. The molecular weight excluding hydrogens is 404 g/mol. The molecule has 1 unspecified atom stereocenters. The van der Waals surface area contributed by atoms with E-state index in [0.29, 0.717) is 22.2 Å². The summed E-state index contributed by atoms with van der Waals surface area (Å²) in [4.78, 5) is 24.0. The third-order valence-corrected chi connectivity index (χ3v) is 13.3. The molecule has 170 valence electrons. The summed E-state index contributed by atoms with van der Waals surface area (Å²) < 4.78 is 12.7. The van der Waals surface area contributed by atoms with Crippen molar-refractivity contribution in [2.75, 3.05) is 0 Å². The van der Waals surface area contributed by atoms with Gasteiger partial charge in [0.25, 0.3) is 0 Å². The molecule has 1 heterocycles. The molecule has 0 aliphatic heterocycles. The largest absolute Gasteiger partial charge is 0.422 e. The van der Waals surface area contributed by atoms with Crippen LogP contribution in [-0.4, -0.2) is 20.2 Å². The van der Waals surface area contributed by atoms with Crippen LogP contribution in [-0.2, 0) is 17.3 Å². The lowest BCUT2D eigenvalue weighted by atomic mass is 9.90. The second kappa shape index (κ2) is 9.41. The lowest BCUT2D eigenvalue weighted by molar-refractivity contribution is 0.101. The molecule has 0 N–H and O–H groups in total. The summed E-state index contributed by atoms with van der Waals surface area (Å²) in [5, 5.41) is 0.830. The van der Waals surface area contributed by atoms with Crippen molar-refractivity contribution in [2.24, 2.45) is 0 Å². The number of ketones is 1. The summed E-state index contributed by atoms with van der Waals surface area (Å²) in [6.45, 7) is 15.4. The quantitative estimate of drug-likeness (QED) is 0.280. The number of aryl methyl sites for hydroxylation is 1. The first-order valence-corrected chi connectivity index (χ1v) is 14.0. The number of hydrogen-bond acceptors (Lipinski definition) is 4. The Hall–Kier alpha value is -1.72. The van der Waals surface area contributed by atoms with Gasteiger partial charge in [0.1, 0.15) is 11.1 Å². The van der Waals surface area contributed by atoms with Crippen LogP contribution in [0, 0.1) is 0 Å². The van der Waals surface area contributed by atoms with Gasteiger partial charge in [-0.25, -0.2) is 4.79 Å². The Morgan fingerprint density at radius 2 is 1.65 bits per heavy atom. The van der Waals surface area contributed by atoms with Crippen LogP contribution < -0.4 is 5.63 Å². The molecule has 2 aromatic rings. The van der Waals surface area contributed by atoms with Crippen LogP contribution in [0.4, 0.5) is 0 Å². The predicted molar refractivity (Wildman–Crippen MR) is 130 cm³/mol. The summed E-state index contributed by atoms with van der Waals surface area (Å²) in [5.41, 5.74) is 4.30. The van der Waals surface area contributed by atoms with Crippen molar-refractivity contribution in [1.29, 1.82) is 0 Å². The molecule has 31 heavy (non-hydrogen) atoms. The van der Waals surface area contributed by atoms with Gasteiger partial charge in [0.15, 0.2) is 5.78 Å². The number of benzene rings is 1. The standard InChI is InChI=1S/C26H38O4Si/c1-16(2)31(17(3)4,18(5)6)30-23-11-9-8-10-20-12-22-14-24(19(7)27)26(28)29-25(22)15-21(20)13-23/h12,14-18,23H,8-11,13H2,1-7H3. The molecule has 1 aromatic carbocycles. The fraction of sp³-hybridized carbons (Fsp3) is 0.615. The number of carbonyl (C=O) groups excluding carboxylic acids is 1. The average Bonchev–Trinajstić information content (AvgIpc) is 2.65. The maximum Gasteiger partial charge on any atom is 0.347 e. The van der Waals surface area contributed by atoms with E-state index >= 15 is 0 Å². The number of fused-ring (bicyclic) bond motifs is 2. The highest BCUT2D eigenvalue weighted by Crippen LogP contribution is 2.44. The second-order valence-corrected chi connectivity index (χ2v) is 15.6. The zero-order chi connectivity index (χ0) is 22.9. The van der Waals surface area contributed by atoms with Crippen LogP contribution >= 0.6 is 0 Å². The summed E-state index contributed by atoms with van der Waals surface area (Å²) in [6, 6.07) is 5.81. The Labute approximate surface area is 187 Å². The molecule has 0 spiro atoms. The first kappa shape index (κ1) is 23.9. The highest BCUT2D eigenvalue weighted by atomic mass is 28.4. The van der Waals surface area contributed by atoms with Gasteiger partial charge in [-0.05, 0) is 78.6 Å². The number of rotatable bonds is 6. The van der Waals surface area contributed by atoms with Gasteiger partial charge in [-0.2, -0.15) is 0 Å². The minimum absolute atomic E-state index is 0.126. The second-order valence-electron chi connectivity index (χ2n) is 10.2. The molecule has 0 radical (unpaired) electrons. The van der Waals surface area contributed by atoms with Crippen LogP contribution in [0.2, 0.25) is 16.6 Å². The van der Waals surface area contributed by atoms with E-state index in [4.69, 9.17) is 8.84 Å². The molecule has 5 heteroatoms. The Bertz CT molecular complexity index is 981. The van der Waals surface area contributed by atoms with E-state index in [0.717, 1.165) is 37.5 Å². The van der Waals surface area contributed by atoms with Crippen molar-refractivity contribution in [3.05, 3.63) is 45.3 Å². The molecule has 3 rings (SSSR count). The first-order chi connectivity index (χ1) is 14.6. The molecule has 1 aromatic heterocycles. The Kier molecular flexibility index (Phi) is 7.27. The molecule has 0 fully saturated rings. The maximum atomic E-state index is 12.2. The van der Waals surface area contributed by atoms with E-state index in [9.17, 15) is 9.59 Å². The SMILES string of the molecule is CC(=O)c1cc2cc3c(cc2oc1=O)CC(O[Si](C(C)C)(C(C)C)C(C)C)CCCC3. The fourth-order valence-corrected chi connectivity index (χ4v) is 11.4. The van der Waals surface area contributed by atoms with Gasteiger partial charge in [0.05, 0.1) is 0 Å². The molecule has 0 saturated heterocycles. The summed E-state index contributed by atoms with van der Waals surface area (Å²) in [7, 11) is -1.97. The highest BCUT2D eigenvalue weighted by Gasteiger charge is 2.46. The normalized spacial score (nSPS) is 17.8. The van der Waals surface area contributed by atoms with Gasteiger partial charge in [0.2, 0.25) is 8.32 Å². The van der Waals surface area contributed by atoms with Gasteiger partial charge in [0, 0.05) is 11.5 Å². The molecule has 0 saturated carbocycles. The Morgan fingerprint density at radius 1 is 1.00 bits per heavy atom. The van der Waals surface area contributed by atoms with Gasteiger partial charge in [-0.1, -0.05) is 48.0 Å². The Morgan fingerprint density at radius 3 is 2.23 bits per heavy atom. The minimum atomic E-state index is -1.97. The van der Waals surface area contributed by atoms with E-state index in [2.05, 4.69) is 47.6 Å². The third kappa shape index (κ3) is 4.73. The van der Waals surface area contributed by atoms with Crippen molar-refractivity contribution >= 4 is 25.1 Å². The molecule has 1 aliphatic rings. The number of carbonyl (C=O) groups is 1. The van der Waals surface area contributed by atoms with Gasteiger partial charge >= 0.3 is 5.63 Å². The smallest absolute Gasteiger partial charge is 0.347 e. The average molecular weight is 443 g/mol. The van der Waals surface area contributed by atoms with Crippen LogP contribution in [0.3, 0.4) is 0 Å². The van der Waals surface area contributed by atoms with Crippen molar-refractivity contribution < 1.29 is 13.6 Å². The fourth-order valence-electron chi connectivity index (χ4n) is 5.76. The van der Waals surface area contributed by atoms with Crippen molar-refractivity contribution in [1.82, 2.24) is 0 Å². The van der Waals surface area contributed by atoms with Crippen LogP contribution in [0.15, 0.2) is 27.4 Å². The monoisotopic (exact) mass is 442 g/mol. The maximum absolute atomic E-state index is 12.2. The van der Waals surface area contributed by atoms with E-state index in [1.54, 1.807) is 6.07 Å². The van der Waals surface area contributed by atoms with Crippen molar-refractivity contribution in [3.8, 4) is 0 Å². The number of hydrogen-bond donors (Lipinski definition) is 0. The van der Waals surface area contributed by atoms with Gasteiger partial charge in [-0.15, -0.1) is 0 Å². The molecule has 0 bridgehead atoms. The molecule has 1 aliphatic carbocycles. The molecular formula is C26H38O4Si. The zero-order valence-corrected chi connectivity index (χ0v) is 21.2. The summed E-state index contributed by atoms with van der Waals surface area (Å²) in [5.74, 6) is -0.256. The van der Waals surface area contributed by atoms with Gasteiger partial charge in [-0.3, -0.25) is 4.79 Å². The summed E-state index contributed by atoms with van der Waals surface area (Å²) >= 11 is 0. The third-order valence-electron chi connectivity index (χ3n) is 7.18. The Balaban J connectivity index is 2.01. The van der Waals surface area contributed by atoms with Crippen LogP contribution in [0.5, 0.6) is 0 Å². The lowest BCUT2D eigenvalue weighted by Crippen LogP contribution is -2.50. The lowest BCUT2D eigenvalue weighted by Gasteiger charge is -2.45. The van der Waals surface area contributed by atoms with E-state index in [1.807, 2.05) is 6.07 Å². The van der Waals surface area contributed by atoms with Crippen molar-refractivity contribution in [3.63, 3.8) is 0 Å². The predicted octanol–water partition coefficient (Wildman–Crippen LogP) is 6.83. The van der Waals surface area contributed by atoms with Crippen molar-refractivity contribution in [2.45, 2.75) is 103 Å². The van der Waals surface area contributed by atoms with Crippen LogP contribution in [0.1, 0.15) is 89.2 Å².